The Morgan fingerprint density at radius 3 is 3.06 bits per heavy atom. The molecule has 0 bridgehead atoms. The van der Waals surface area contributed by atoms with Gasteiger partial charge in [-0.1, -0.05) is 22.9 Å². The van der Waals surface area contributed by atoms with E-state index in [2.05, 4.69) is 10.3 Å². The number of hydrogen-bond donors (Lipinski definition) is 1. The summed E-state index contributed by atoms with van der Waals surface area (Å²) in [5, 5.41) is 4.24. The predicted octanol–water partition coefficient (Wildman–Crippen LogP) is 3.66. The summed E-state index contributed by atoms with van der Waals surface area (Å²) < 4.78 is 18.6. The standard InChI is InChI=1S/C12H12ClFN2OS/c1-17-5-4-15-12-16-7-11(18-12)9-3-2-8(13)6-10(9)14/h2-3,6-7H,4-5H2,1H3,(H,15,16). The third-order valence-corrected chi connectivity index (χ3v) is 3.51. The van der Waals surface area contributed by atoms with E-state index in [1.165, 1.54) is 17.4 Å². The Morgan fingerprint density at radius 2 is 2.33 bits per heavy atom. The van der Waals surface area contributed by atoms with Crippen molar-refractivity contribution in [3.8, 4) is 10.4 Å². The smallest absolute Gasteiger partial charge is 0.183 e. The average molecular weight is 287 g/mol. The molecule has 96 valence electrons. The second-order valence-corrected chi connectivity index (χ2v) is 5.04. The number of nitrogens with zero attached hydrogens (tertiary/aromatic N) is 1. The highest BCUT2D eigenvalue weighted by atomic mass is 35.5. The zero-order chi connectivity index (χ0) is 13.0. The van der Waals surface area contributed by atoms with Crippen LogP contribution in [0.4, 0.5) is 9.52 Å². The maximum Gasteiger partial charge on any atom is 0.183 e. The van der Waals surface area contributed by atoms with Gasteiger partial charge in [-0.25, -0.2) is 9.37 Å². The Hall–Kier alpha value is -1.17. The van der Waals surface area contributed by atoms with Gasteiger partial charge in [0.05, 0.1) is 11.5 Å². The first kappa shape index (κ1) is 13.3. The average Bonchev–Trinajstić information content (AvgIpc) is 2.78. The molecule has 3 nitrogen and oxygen atoms in total. The molecule has 0 saturated heterocycles. The number of ether oxygens (including phenoxy) is 1. The number of thiazole rings is 1. The Bertz CT molecular complexity index is 533. The third kappa shape index (κ3) is 3.19. The Kier molecular flexibility index (Phi) is 4.52. The van der Waals surface area contributed by atoms with Crippen molar-refractivity contribution in [3.05, 3.63) is 35.2 Å². The van der Waals surface area contributed by atoms with Crippen LogP contribution >= 0.6 is 22.9 Å². The SMILES string of the molecule is COCCNc1ncc(-c2ccc(Cl)cc2F)s1. The van der Waals surface area contributed by atoms with Gasteiger partial charge in [-0.05, 0) is 18.2 Å². The second-order valence-electron chi connectivity index (χ2n) is 3.57. The van der Waals surface area contributed by atoms with Crippen molar-refractivity contribution in [1.82, 2.24) is 4.98 Å². The van der Waals surface area contributed by atoms with Crippen LogP contribution in [-0.2, 0) is 4.74 Å². The van der Waals surface area contributed by atoms with Gasteiger partial charge in [0.1, 0.15) is 5.82 Å². The van der Waals surface area contributed by atoms with E-state index in [0.29, 0.717) is 23.7 Å². The monoisotopic (exact) mass is 286 g/mol. The molecule has 2 aromatic rings. The highest BCUT2D eigenvalue weighted by Crippen LogP contribution is 2.31. The number of rotatable bonds is 5. The minimum atomic E-state index is -0.338. The van der Waals surface area contributed by atoms with Gasteiger partial charge in [0.25, 0.3) is 0 Å². The van der Waals surface area contributed by atoms with E-state index in [0.717, 1.165) is 10.0 Å². The largest absolute Gasteiger partial charge is 0.383 e. The molecule has 6 heteroatoms. The number of nitrogens with one attached hydrogen (secondary N) is 1. The molecule has 0 unspecified atom stereocenters. The molecule has 18 heavy (non-hydrogen) atoms. The van der Waals surface area contributed by atoms with E-state index in [1.807, 2.05) is 0 Å². The first-order chi connectivity index (χ1) is 8.70. The molecule has 0 amide bonds. The fraction of sp³-hybridized carbons (Fsp3) is 0.250. The fourth-order valence-corrected chi connectivity index (χ4v) is 2.46. The first-order valence-corrected chi connectivity index (χ1v) is 6.54. The lowest BCUT2D eigenvalue weighted by molar-refractivity contribution is 0.211. The van der Waals surface area contributed by atoms with Crippen molar-refractivity contribution in [2.75, 3.05) is 25.6 Å². The zero-order valence-electron chi connectivity index (χ0n) is 9.74. The van der Waals surface area contributed by atoms with Crippen LogP contribution in [0, 0.1) is 5.82 Å². The molecular weight excluding hydrogens is 275 g/mol. The quantitative estimate of drug-likeness (QED) is 0.852. The van der Waals surface area contributed by atoms with Gasteiger partial charge in [0.2, 0.25) is 0 Å². The molecular formula is C12H12ClFN2OS. The summed E-state index contributed by atoms with van der Waals surface area (Å²) in [4.78, 5) is 4.95. The van der Waals surface area contributed by atoms with Gasteiger partial charge in [0, 0.05) is 30.4 Å². The summed E-state index contributed by atoms with van der Waals surface area (Å²) in [5.41, 5.74) is 0.511. The molecule has 0 aliphatic carbocycles. The maximum absolute atomic E-state index is 13.7. The van der Waals surface area contributed by atoms with Crippen LogP contribution < -0.4 is 5.32 Å². The number of hydrogen-bond acceptors (Lipinski definition) is 4. The van der Waals surface area contributed by atoms with Crippen molar-refractivity contribution in [2.24, 2.45) is 0 Å². The molecule has 1 heterocycles. The van der Waals surface area contributed by atoms with Crippen LogP contribution in [0.3, 0.4) is 0 Å². The highest BCUT2D eigenvalue weighted by Gasteiger charge is 2.09. The van der Waals surface area contributed by atoms with Crippen LogP contribution in [0.2, 0.25) is 5.02 Å². The Balaban J connectivity index is 2.13. The van der Waals surface area contributed by atoms with Crippen LogP contribution in [-0.4, -0.2) is 25.2 Å². The fourth-order valence-electron chi connectivity index (χ4n) is 1.43. The summed E-state index contributed by atoms with van der Waals surface area (Å²) in [6.45, 7) is 1.27. The number of halogens is 2. The van der Waals surface area contributed by atoms with Gasteiger partial charge in [-0.15, -0.1) is 0 Å². The Labute approximate surface area is 114 Å². The molecule has 0 fully saturated rings. The Morgan fingerprint density at radius 1 is 1.50 bits per heavy atom. The number of aromatic nitrogens is 1. The second kappa shape index (κ2) is 6.13. The molecule has 0 atom stereocenters. The van der Waals surface area contributed by atoms with Crippen LogP contribution in [0.5, 0.6) is 0 Å². The van der Waals surface area contributed by atoms with Crippen LogP contribution in [0.25, 0.3) is 10.4 Å². The van der Waals surface area contributed by atoms with Crippen molar-refractivity contribution in [2.45, 2.75) is 0 Å². The molecule has 0 spiro atoms. The van der Waals surface area contributed by atoms with Crippen LogP contribution in [0.1, 0.15) is 0 Å². The topological polar surface area (TPSA) is 34.1 Å². The molecule has 1 N–H and O–H groups in total. The number of methoxy groups -OCH3 is 1. The van der Waals surface area contributed by atoms with Gasteiger partial charge in [0.15, 0.2) is 5.13 Å². The minimum Gasteiger partial charge on any atom is -0.383 e. The molecule has 1 aromatic carbocycles. The molecule has 0 saturated carbocycles. The molecule has 1 aromatic heterocycles. The minimum absolute atomic E-state index is 0.338. The summed E-state index contributed by atoms with van der Waals surface area (Å²) in [6, 6.07) is 4.62. The van der Waals surface area contributed by atoms with Crippen molar-refractivity contribution in [1.29, 1.82) is 0 Å². The van der Waals surface area contributed by atoms with Gasteiger partial charge >= 0.3 is 0 Å². The van der Waals surface area contributed by atoms with Gasteiger partial charge in [-0.3, -0.25) is 0 Å². The van der Waals surface area contributed by atoms with Gasteiger partial charge in [-0.2, -0.15) is 0 Å². The van der Waals surface area contributed by atoms with E-state index < -0.39 is 0 Å². The maximum atomic E-state index is 13.7. The van der Waals surface area contributed by atoms with Gasteiger partial charge < -0.3 is 10.1 Å². The normalized spacial score (nSPS) is 10.6. The summed E-state index contributed by atoms with van der Waals surface area (Å²) >= 11 is 7.11. The van der Waals surface area contributed by atoms with E-state index in [4.69, 9.17) is 16.3 Å². The lowest BCUT2D eigenvalue weighted by Crippen LogP contribution is -2.06. The van der Waals surface area contributed by atoms with E-state index in [-0.39, 0.29) is 5.82 Å². The van der Waals surface area contributed by atoms with Crippen LogP contribution in [0.15, 0.2) is 24.4 Å². The number of benzene rings is 1. The molecule has 0 radical (unpaired) electrons. The molecule has 0 aliphatic rings. The molecule has 2 rings (SSSR count). The summed E-state index contributed by atoms with van der Waals surface area (Å²) in [5.74, 6) is -0.338. The highest BCUT2D eigenvalue weighted by molar-refractivity contribution is 7.18. The van der Waals surface area contributed by atoms with E-state index >= 15 is 0 Å². The zero-order valence-corrected chi connectivity index (χ0v) is 11.3. The lowest BCUT2D eigenvalue weighted by Gasteiger charge is -2.01. The van der Waals surface area contributed by atoms with E-state index in [9.17, 15) is 4.39 Å². The van der Waals surface area contributed by atoms with E-state index in [1.54, 1.807) is 25.4 Å². The molecule has 0 aliphatic heterocycles. The van der Waals surface area contributed by atoms with Crippen molar-refractivity contribution >= 4 is 28.1 Å². The summed E-state index contributed by atoms with van der Waals surface area (Å²) in [7, 11) is 1.64. The lowest BCUT2D eigenvalue weighted by atomic mass is 10.2. The third-order valence-electron chi connectivity index (χ3n) is 2.28. The summed E-state index contributed by atoms with van der Waals surface area (Å²) in [6.07, 6.45) is 1.64. The predicted molar refractivity (Wildman–Crippen MR) is 72.9 cm³/mol. The first-order valence-electron chi connectivity index (χ1n) is 5.35. The van der Waals surface area contributed by atoms with Crippen molar-refractivity contribution < 1.29 is 9.13 Å². The van der Waals surface area contributed by atoms with Crippen molar-refractivity contribution in [3.63, 3.8) is 0 Å². The number of anilines is 1.